The molecule has 1 saturated heterocycles. The summed E-state index contributed by atoms with van der Waals surface area (Å²) >= 11 is 0. The third-order valence-electron chi connectivity index (χ3n) is 2.88. The molecule has 1 radical (unpaired) electrons. The molecule has 2 fully saturated rings. The Morgan fingerprint density at radius 1 is 1.62 bits per heavy atom. The molecule has 0 amide bonds. The van der Waals surface area contributed by atoms with Crippen molar-refractivity contribution < 1.29 is 19.4 Å². The van der Waals surface area contributed by atoms with Gasteiger partial charge in [0.25, 0.3) is 0 Å². The first-order valence-electron chi connectivity index (χ1n) is 4.38. The van der Waals surface area contributed by atoms with Crippen LogP contribution in [0.5, 0.6) is 0 Å². The molecule has 4 atom stereocenters. The molecule has 1 aliphatic heterocycles. The molecule has 5 heteroatoms. The van der Waals surface area contributed by atoms with E-state index in [1.54, 1.807) is 0 Å². The van der Waals surface area contributed by atoms with Crippen molar-refractivity contribution >= 4 is 19.4 Å². The molecule has 1 heterocycles. The van der Waals surface area contributed by atoms with Gasteiger partial charge in [0.2, 0.25) is 7.28 Å². The fourth-order valence-electron chi connectivity index (χ4n) is 2.28. The Bertz CT molecular complexity index is 242. The zero-order chi connectivity index (χ0) is 9.42. The predicted molar refractivity (Wildman–Crippen MR) is 44.9 cm³/mol. The number of ether oxygens (including phenoxy) is 1. The maximum atomic E-state index is 10.9. The molecule has 2 rings (SSSR count). The molecular weight excluding hydrogens is 171 g/mol. The fourth-order valence-corrected chi connectivity index (χ4v) is 2.28. The van der Waals surface area contributed by atoms with Crippen molar-refractivity contribution in [2.24, 2.45) is 5.92 Å². The van der Waals surface area contributed by atoms with Crippen LogP contribution in [-0.2, 0) is 14.3 Å². The van der Waals surface area contributed by atoms with Crippen molar-refractivity contribution in [1.29, 1.82) is 0 Å². The summed E-state index contributed by atoms with van der Waals surface area (Å²) in [6, 6.07) is 0. The molecule has 0 aromatic rings. The lowest BCUT2D eigenvalue weighted by Crippen LogP contribution is -2.21. The van der Waals surface area contributed by atoms with Crippen molar-refractivity contribution in [3.8, 4) is 0 Å². The molecule has 1 aliphatic carbocycles. The van der Waals surface area contributed by atoms with E-state index in [1.807, 2.05) is 0 Å². The first-order chi connectivity index (χ1) is 6.22. The minimum absolute atomic E-state index is 0.00713. The Labute approximate surface area is 76.5 Å². The van der Waals surface area contributed by atoms with Crippen LogP contribution in [0.3, 0.4) is 0 Å². The molecule has 0 spiro atoms. The van der Waals surface area contributed by atoms with Gasteiger partial charge in [0.05, 0.1) is 18.7 Å². The fraction of sp³-hybridized carbons (Fsp3) is 0.750. The standard InChI is InChI=1S/C8H10BO4/c10-3-9-8-4-1-7(12)13-6(4)2-5(8)11/h3-6,8,11H,1-2H2/t4-,5?,6-,8+/m0/s1. The van der Waals surface area contributed by atoms with Crippen molar-refractivity contribution in [2.45, 2.75) is 30.9 Å². The number of aliphatic hydroxyl groups is 1. The summed E-state index contributed by atoms with van der Waals surface area (Å²) in [7, 11) is 1.43. The summed E-state index contributed by atoms with van der Waals surface area (Å²) in [5.74, 6) is -0.409. The minimum atomic E-state index is -0.534. The monoisotopic (exact) mass is 181 g/mol. The summed E-state index contributed by atoms with van der Waals surface area (Å²) in [6.45, 7) is 0. The largest absolute Gasteiger partial charge is 0.462 e. The Morgan fingerprint density at radius 3 is 3.08 bits per heavy atom. The smallest absolute Gasteiger partial charge is 0.306 e. The summed E-state index contributed by atoms with van der Waals surface area (Å²) < 4.78 is 5.00. The van der Waals surface area contributed by atoms with Gasteiger partial charge in [-0.25, -0.2) is 0 Å². The Morgan fingerprint density at radius 2 is 2.38 bits per heavy atom. The number of hydrogen-bond donors (Lipinski definition) is 1. The number of carbonyl (C=O) groups excluding carboxylic acids is 2. The molecule has 1 N–H and O–H groups in total. The third kappa shape index (κ3) is 1.37. The average molecular weight is 181 g/mol. The van der Waals surface area contributed by atoms with Gasteiger partial charge < -0.3 is 14.6 Å². The molecule has 2 aliphatic rings. The maximum absolute atomic E-state index is 10.9. The third-order valence-corrected chi connectivity index (χ3v) is 2.88. The van der Waals surface area contributed by atoms with E-state index in [1.165, 1.54) is 7.28 Å². The Kier molecular flexibility index (Phi) is 2.11. The van der Waals surface area contributed by atoms with Gasteiger partial charge in [-0.2, -0.15) is 0 Å². The number of hydrogen-bond acceptors (Lipinski definition) is 4. The van der Waals surface area contributed by atoms with Crippen molar-refractivity contribution in [2.75, 3.05) is 0 Å². The van der Waals surface area contributed by atoms with Gasteiger partial charge in [0.15, 0.2) is 0 Å². The second-order valence-electron chi connectivity index (χ2n) is 3.61. The number of carbonyl (C=O) groups is 2. The van der Waals surface area contributed by atoms with Crippen molar-refractivity contribution in [3.05, 3.63) is 0 Å². The lowest BCUT2D eigenvalue weighted by Gasteiger charge is -2.14. The molecule has 1 saturated carbocycles. The lowest BCUT2D eigenvalue weighted by atomic mass is 9.60. The van der Waals surface area contributed by atoms with Crippen LogP contribution in [0.1, 0.15) is 12.8 Å². The van der Waals surface area contributed by atoms with Gasteiger partial charge in [-0.1, -0.05) is 0 Å². The molecule has 13 heavy (non-hydrogen) atoms. The molecule has 0 aromatic carbocycles. The molecule has 0 aromatic heterocycles. The number of rotatable bonds is 2. The number of fused-ring (bicyclic) bond motifs is 1. The van der Waals surface area contributed by atoms with Crippen molar-refractivity contribution in [1.82, 2.24) is 0 Å². The SMILES string of the molecule is O=C[B][C@H]1C(O)C[C@@H]2OC(=O)C[C@@H]21. The van der Waals surface area contributed by atoms with Crippen LogP contribution in [0.2, 0.25) is 5.82 Å². The zero-order valence-corrected chi connectivity index (χ0v) is 7.05. The number of esters is 1. The molecule has 4 nitrogen and oxygen atoms in total. The van der Waals surface area contributed by atoms with E-state index in [0.717, 1.165) is 0 Å². The molecule has 1 unspecified atom stereocenters. The van der Waals surface area contributed by atoms with E-state index in [-0.39, 0.29) is 23.8 Å². The van der Waals surface area contributed by atoms with E-state index < -0.39 is 6.10 Å². The molecular formula is C8H10BO4. The summed E-state index contributed by atoms with van der Waals surface area (Å²) in [4.78, 5) is 21.2. The van der Waals surface area contributed by atoms with Crippen molar-refractivity contribution in [3.63, 3.8) is 0 Å². The molecule has 0 bridgehead atoms. The van der Waals surface area contributed by atoms with E-state index in [4.69, 9.17) is 4.74 Å². The first-order valence-corrected chi connectivity index (χ1v) is 4.38. The quantitative estimate of drug-likeness (QED) is 0.349. The van der Waals surface area contributed by atoms with E-state index in [0.29, 0.717) is 19.0 Å². The highest BCUT2D eigenvalue weighted by Gasteiger charge is 2.49. The van der Waals surface area contributed by atoms with Crippen LogP contribution in [0.25, 0.3) is 0 Å². The summed E-state index contributed by atoms with van der Waals surface area (Å²) in [5, 5.41) is 9.53. The minimum Gasteiger partial charge on any atom is -0.462 e. The highest BCUT2D eigenvalue weighted by atomic mass is 16.6. The normalized spacial score (nSPS) is 42.7. The van der Waals surface area contributed by atoms with Crippen LogP contribution < -0.4 is 0 Å². The van der Waals surface area contributed by atoms with Crippen LogP contribution in [0, 0.1) is 5.92 Å². The zero-order valence-electron chi connectivity index (χ0n) is 7.05. The van der Waals surface area contributed by atoms with Gasteiger partial charge in [-0.15, -0.1) is 0 Å². The highest BCUT2D eigenvalue weighted by Crippen LogP contribution is 2.44. The number of aliphatic hydroxyl groups excluding tert-OH is 1. The summed E-state index contributed by atoms with van der Waals surface area (Å²) in [5.41, 5.74) is 0. The highest BCUT2D eigenvalue weighted by molar-refractivity contribution is 6.68. The van der Waals surface area contributed by atoms with Gasteiger partial charge in [-0.3, -0.25) is 4.79 Å². The Hall–Kier alpha value is -0.835. The van der Waals surface area contributed by atoms with E-state index in [2.05, 4.69) is 0 Å². The second-order valence-corrected chi connectivity index (χ2v) is 3.61. The van der Waals surface area contributed by atoms with Gasteiger partial charge in [0.1, 0.15) is 6.10 Å². The lowest BCUT2D eigenvalue weighted by molar-refractivity contribution is -0.141. The van der Waals surface area contributed by atoms with Crippen LogP contribution >= 0.6 is 0 Å². The van der Waals surface area contributed by atoms with Crippen LogP contribution in [0.15, 0.2) is 0 Å². The molecule has 69 valence electrons. The van der Waals surface area contributed by atoms with Gasteiger partial charge >= 0.3 is 5.97 Å². The predicted octanol–water partition coefficient (Wildman–Crippen LogP) is -0.634. The maximum Gasteiger partial charge on any atom is 0.306 e. The topological polar surface area (TPSA) is 63.6 Å². The van der Waals surface area contributed by atoms with Gasteiger partial charge in [0, 0.05) is 12.3 Å². The van der Waals surface area contributed by atoms with Gasteiger partial charge in [-0.05, 0) is 5.82 Å². The second kappa shape index (κ2) is 3.14. The van der Waals surface area contributed by atoms with Crippen LogP contribution in [0.4, 0.5) is 0 Å². The van der Waals surface area contributed by atoms with E-state index in [9.17, 15) is 14.7 Å². The Balaban J connectivity index is 2.09. The van der Waals surface area contributed by atoms with Crippen LogP contribution in [-0.4, -0.2) is 36.7 Å². The summed E-state index contributed by atoms with van der Waals surface area (Å²) in [6.07, 6.45) is 0.762. The van der Waals surface area contributed by atoms with E-state index >= 15 is 0 Å². The average Bonchev–Trinajstić information content (AvgIpc) is 2.52. The first kappa shape index (κ1) is 8.75.